The standard InChI is InChI=1S/C12H22N2O4/c15-8-5-10(12(17)18)14-11(16)2-1-9-3-6-13-7-4-9/h9-10,13,15H,1-8H2,(H,14,16)(H,17,18)/t10-/m1/s1. The predicted molar refractivity (Wildman–Crippen MR) is 66.1 cm³/mol. The van der Waals surface area contributed by atoms with Gasteiger partial charge in [0.15, 0.2) is 0 Å². The number of carboxylic acids is 1. The summed E-state index contributed by atoms with van der Waals surface area (Å²) in [6, 6.07) is -0.976. The predicted octanol–water partition coefficient (Wildman–Crippen LogP) is -0.282. The summed E-state index contributed by atoms with van der Waals surface area (Å²) in [5.74, 6) is -0.785. The van der Waals surface area contributed by atoms with Crippen molar-refractivity contribution in [1.82, 2.24) is 10.6 Å². The maximum absolute atomic E-state index is 11.6. The molecule has 6 heteroatoms. The smallest absolute Gasteiger partial charge is 0.326 e. The first-order valence-electron chi connectivity index (χ1n) is 6.47. The summed E-state index contributed by atoms with van der Waals surface area (Å²) in [4.78, 5) is 22.4. The molecular formula is C12H22N2O4. The van der Waals surface area contributed by atoms with Crippen LogP contribution in [0.3, 0.4) is 0 Å². The van der Waals surface area contributed by atoms with Crippen LogP contribution in [-0.4, -0.2) is 47.8 Å². The zero-order valence-corrected chi connectivity index (χ0v) is 10.5. The van der Waals surface area contributed by atoms with Gasteiger partial charge < -0.3 is 20.8 Å². The van der Waals surface area contributed by atoms with E-state index in [1.165, 1.54) is 0 Å². The molecule has 1 fully saturated rings. The second-order valence-corrected chi connectivity index (χ2v) is 4.70. The number of carboxylic acid groups (broad SMARTS) is 1. The topological polar surface area (TPSA) is 98.7 Å². The third-order valence-electron chi connectivity index (χ3n) is 3.29. The van der Waals surface area contributed by atoms with Crippen LogP contribution in [0.2, 0.25) is 0 Å². The van der Waals surface area contributed by atoms with E-state index < -0.39 is 12.0 Å². The molecule has 4 N–H and O–H groups in total. The molecule has 6 nitrogen and oxygen atoms in total. The van der Waals surface area contributed by atoms with Gasteiger partial charge in [-0.05, 0) is 38.3 Å². The molecule has 104 valence electrons. The number of hydrogen-bond donors (Lipinski definition) is 4. The Morgan fingerprint density at radius 2 is 2.00 bits per heavy atom. The van der Waals surface area contributed by atoms with E-state index in [2.05, 4.69) is 10.6 Å². The van der Waals surface area contributed by atoms with Crippen LogP contribution in [-0.2, 0) is 9.59 Å². The Kier molecular flexibility index (Phi) is 6.67. The number of hydrogen-bond acceptors (Lipinski definition) is 4. The molecular weight excluding hydrogens is 236 g/mol. The molecule has 0 aliphatic carbocycles. The molecule has 1 amide bonds. The molecule has 1 aliphatic heterocycles. The molecule has 0 aromatic carbocycles. The highest BCUT2D eigenvalue weighted by Gasteiger charge is 2.20. The molecule has 0 unspecified atom stereocenters. The fourth-order valence-corrected chi connectivity index (χ4v) is 2.16. The number of aliphatic hydroxyl groups excluding tert-OH is 1. The van der Waals surface area contributed by atoms with E-state index in [0.29, 0.717) is 12.3 Å². The fraction of sp³-hybridized carbons (Fsp3) is 0.833. The van der Waals surface area contributed by atoms with Crippen LogP contribution in [0.4, 0.5) is 0 Å². The molecule has 1 saturated heterocycles. The molecule has 0 aromatic heterocycles. The summed E-state index contributed by atoms with van der Waals surface area (Å²) in [6.45, 7) is 1.74. The van der Waals surface area contributed by atoms with Crippen LogP contribution in [0.1, 0.15) is 32.1 Å². The summed E-state index contributed by atoms with van der Waals surface area (Å²) < 4.78 is 0. The molecule has 0 bridgehead atoms. The zero-order chi connectivity index (χ0) is 13.4. The zero-order valence-electron chi connectivity index (χ0n) is 10.5. The Labute approximate surface area is 107 Å². The molecule has 1 heterocycles. The van der Waals surface area contributed by atoms with Gasteiger partial charge in [0.25, 0.3) is 0 Å². The van der Waals surface area contributed by atoms with E-state index in [-0.39, 0.29) is 18.9 Å². The number of carbonyl (C=O) groups is 2. The monoisotopic (exact) mass is 258 g/mol. The van der Waals surface area contributed by atoms with Gasteiger partial charge in [-0.25, -0.2) is 4.79 Å². The summed E-state index contributed by atoms with van der Waals surface area (Å²) in [7, 11) is 0. The lowest BCUT2D eigenvalue weighted by Gasteiger charge is -2.22. The number of amides is 1. The van der Waals surface area contributed by atoms with Crippen molar-refractivity contribution in [3.8, 4) is 0 Å². The molecule has 18 heavy (non-hydrogen) atoms. The van der Waals surface area contributed by atoms with Crippen molar-refractivity contribution in [3.05, 3.63) is 0 Å². The minimum Gasteiger partial charge on any atom is -0.480 e. The van der Waals surface area contributed by atoms with Crippen LogP contribution in [0.25, 0.3) is 0 Å². The lowest BCUT2D eigenvalue weighted by molar-refractivity contribution is -0.142. The Balaban J connectivity index is 2.24. The number of carbonyl (C=O) groups excluding carboxylic acids is 1. The average Bonchev–Trinajstić information content (AvgIpc) is 2.37. The van der Waals surface area contributed by atoms with Crippen molar-refractivity contribution in [2.75, 3.05) is 19.7 Å². The van der Waals surface area contributed by atoms with Crippen LogP contribution in [0.5, 0.6) is 0 Å². The van der Waals surface area contributed by atoms with Gasteiger partial charge in [0.05, 0.1) is 0 Å². The van der Waals surface area contributed by atoms with Gasteiger partial charge in [-0.1, -0.05) is 0 Å². The largest absolute Gasteiger partial charge is 0.480 e. The SMILES string of the molecule is O=C(CCC1CCNCC1)N[C@H](CCO)C(=O)O. The highest BCUT2D eigenvalue weighted by Crippen LogP contribution is 2.17. The van der Waals surface area contributed by atoms with E-state index in [9.17, 15) is 9.59 Å². The Bertz CT molecular complexity index is 277. The maximum atomic E-state index is 11.6. The lowest BCUT2D eigenvalue weighted by atomic mass is 9.93. The van der Waals surface area contributed by atoms with Gasteiger partial charge in [-0.3, -0.25) is 4.79 Å². The number of rotatable bonds is 7. The van der Waals surface area contributed by atoms with Crippen molar-refractivity contribution in [3.63, 3.8) is 0 Å². The van der Waals surface area contributed by atoms with Crippen LogP contribution >= 0.6 is 0 Å². The summed E-state index contributed by atoms with van der Waals surface area (Å²) in [5, 5.41) is 23.2. The van der Waals surface area contributed by atoms with Crippen molar-refractivity contribution in [2.45, 2.75) is 38.1 Å². The van der Waals surface area contributed by atoms with Crippen molar-refractivity contribution in [2.24, 2.45) is 5.92 Å². The second kappa shape index (κ2) is 8.05. The first-order chi connectivity index (χ1) is 8.63. The van der Waals surface area contributed by atoms with Crippen molar-refractivity contribution in [1.29, 1.82) is 0 Å². The molecule has 0 spiro atoms. The van der Waals surface area contributed by atoms with Crippen LogP contribution in [0, 0.1) is 5.92 Å². The van der Waals surface area contributed by atoms with Crippen LogP contribution in [0.15, 0.2) is 0 Å². The number of piperidine rings is 1. The molecule has 0 radical (unpaired) electrons. The summed E-state index contributed by atoms with van der Waals surface area (Å²) in [6.07, 6.45) is 3.37. The third kappa shape index (κ3) is 5.46. The highest BCUT2D eigenvalue weighted by atomic mass is 16.4. The second-order valence-electron chi connectivity index (χ2n) is 4.70. The fourth-order valence-electron chi connectivity index (χ4n) is 2.16. The summed E-state index contributed by atoms with van der Waals surface area (Å²) >= 11 is 0. The Morgan fingerprint density at radius 1 is 1.33 bits per heavy atom. The van der Waals surface area contributed by atoms with Crippen LogP contribution < -0.4 is 10.6 Å². The van der Waals surface area contributed by atoms with E-state index in [1.54, 1.807) is 0 Å². The van der Waals surface area contributed by atoms with E-state index in [1.807, 2.05) is 0 Å². The minimum atomic E-state index is -1.10. The molecule has 0 aromatic rings. The van der Waals surface area contributed by atoms with E-state index in [4.69, 9.17) is 10.2 Å². The van der Waals surface area contributed by atoms with Gasteiger partial charge in [-0.2, -0.15) is 0 Å². The number of aliphatic hydroxyl groups is 1. The van der Waals surface area contributed by atoms with Gasteiger partial charge >= 0.3 is 5.97 Å². The normalized spacial score (nSPS) is 18.3. The minimum absolute atomic E-state index is 0.0500. The Hall–Kier alpha value is -1.14. The average molecular weight is 258 g/mol. The molecule has 0 saturated carbocycles. The maximum Gasteiger partial charge on any atom is 0.326 e. The lowest BCUT2D eigenvalue weighted by Crippen LogP contribution is -2.41. The van der Waals surface area contributed by atoms with E-state index in [0.717, 1.165) is 32.4 Å². The Morgan fingerprint density at radius 3 is 2.56 bits per heavy atom. The summed E-state index contributed by atoms with van der Waals surface area (Å²) in [5.41, 5.74) is 0. The molecule has 1 rings (SSSR count). The molecule has 1 aliphatic rings. The van der Waals surface area contributed by atoms with Gasteiger partial charge in [0.1, 0.15) is 6.04 Å². The first kappa shape index (κ1) is 14.9. The van der Waals surface area contributed by atoms with Crippen molar-refractivity contribution < 1.29 is 19.8 Å². The third-order valence-corrected chi connectivity index (χ3v) is 3.29. The van der Waals surface area contributed by atoms with Crippen molar-refractivity contribution >= 4 is 11.9 Å². The number of nitrogens with one attached hydrogen (secondary N) is 2. The first-order valence-corrected chi connectivity index (χ1v) is 6.47. The van der Waals surface area contributed by atoms with E-state index >= 15 is 0 Å². The molecule has 1 atom stereocenters. The highest BCUT2D eigenvalue weighted by molar-refractivity contribution is 5.83. The quantitative estimate of drug-likeness (QED) is 0.503. The van der Waals surface area contributed by atoms with Gasteiger partial charge in [0, 0.05) is 19.4 Å². The number of aliphatic carboxylic acids is 1. The van der Waals surface area contributed by atoms with Gasteiger partial charge in [0.2, 0.25) is 5.91 Å². The van der Waals surface area contributed by atoms with Gasteiger partial charge in [-0.15, -0.1) is 0 Å².